The number of thiophene rings is 1. The number of hydrogen-bond acceptors (Lipinski definition) is 2. The monoisotopic (exact) mass is 315 g/mol. The van der Waals surface area contributed by atoms with Gasteiger partial charge in [-0.15, -0.1) is 11.3 Å². The fraction of sp³-hybridized carbons (Fsp3) is 0.714. The molecule has 0 saturated heterocycles. The molecule has 17 heavy (non-hydrogen) atoms. The van der Waals surface area contributed by atoms with Crippen molar-refractivity contribution >= 4 is 27.3 Å². The molecule has 1 nitrogen and oxygen atoms in total. The molecular weight excluding hydrogens is 294 g/mol. The molecule has 1 fully saturated rings. The van der Waals surface area contributed by atoms with Crippen LogP contribution >= 0.6 is 27.3 Å². The van der Waals surface area contributed by atoms with Crippen molar-refractivity contribution in [3.63, 3.8) is 0 Å². The Kier molecular flexibility index (Phi) is 5.51. The Morgan fingerprint density at radius 3 is 2.71 bits per heavy atom. The van der Waals surface area contributed by atoms with E-state index in [1.807, 2.05) is 11.3 Å². The van der Waals surface area contributed by atoms with Crippen LogP contribution in [0.2, 0.25) is 0 Å². The molecule has 2 unspecified atom stereocenters. The van der Waals surface area contributed by atoms with Gasteiger partial charge in [0.1, 0.15) is 0 Å². The second kappa shape index (κ2) is 6.91. The number of rotatable bonds is 5. The van der Waals surface area contributed by atoms with Gasteiger partial charge in [-0.1, -0.05) is 19.8 Å². The number of halogens is 1. The van der Waals surface area contributed by atoms with E-state index in [1.54, 1.807) is 4.88 Å². The van der Waals surface area contributed by atoms with Gasteiger partial charge in [0.25, 0.3) is 0 Å². The second-order valence-corrected chi connectivity index (χ2v) is 7.57. The summed E-state index contributed by atoms with van der Waals surface area (Å²) in [5.74, 6) is 1.79. The van der Waals surface area contributed by atoms with Crippen molar-refractivity contribution in [1.29, 1.82) is 0 Å². The van der Waals surface area contributed by atoms with Gasteiger partial charge >= 0.3 is 0 Å². The Morgan fingerprint density at radius 1 is 1.29 bits per heavy atom. The highest BCUT2D eigenvalue weighted by molar-refractivity contribution is 9.11. The summed E-state index contributed by atoms with van der Waals surface area (Å²) in [6.45, 7) is 4.52. The molecular formula is C14H22BrNS. The van der Waals surface area contributed by atoms with Crippen LogP contribution in [0, 0.1) is 11.8 Å². The molecule has 0 aromatic carbocycles. The highest BCUT2D eigenvalue weighted by Crippen LogP contribution is 2.34. The third-order valence-corrected chi connectivity index (χ3v) is 5.46. The van der Waals surface area contributed by atoms with Gasteiger partial charge in [-0.2, -0.15) is 0 Å². The molecule has 0 aliphatic heterocycles. The van der Waals surface area contributed by atoms with Crippen molar-refractivity contribution in [3.05, 3.63) is 20.8 Å². The summed E-state index contributed by atoms with van der Waals surface area (Å²) in [5, 5.41) is 3.53. The van der Waals surface area contributed by atoms with Crippen molar-refractivity contribution in [1.82, 2.24) is 5.32 Å². The Labute approximate surface area is 117 Å². The zero-order chi connectivity index (χ0) is 12.1. The average molecular weight is 316 g/mol. The van der Waals surface area contributed by atoms with E-state index in [-0.39, 0.29) is 0 Å². The largest absolute Gasteiger partial charge is 0.317 e. The topological polar surface area (TPSA) is 12.0 Å². The summed E-state index contributed by atoms with van der Waals surface area (Å²) in [6.07, 6.45) is 6.99. The van der Waals surface area contributed by atoms with Crippen molar-refractivity contribution in [2.45, 2.75) is 39.0 Å². The standard InChI is InChI=1S/C14H22BrNS/c1-2-16-10-12-6-4-3-5-11(12)9-13-7-8-14(15)17-13/h7-8,11-12,16H,2-6,9-10H2,1H3. The number of hydrogen-bond donors (Lipinski definition) is 1. The molecule has 0 radical (unpaired) electrons. The van der Waals surface area contributed by atoms with Crippen LogP contribution in [0.1, 0.15) is 37.5 Å². The van der Waals surface area contributed by atoms with Crippen LogP contribution in [0.4, 0.5) is 0 Å². The molecule has 2 atom stereocenters. The smallest absolute Gasteiger partial charge is 0.0701 e. The van der Waals surface area contributed by atoms with Crippen LogP contribution < -0.4 is 5.32 Å². The van der Waals surface area contributed by atoms with Gasteiger partial charge in [0.05, 0.1) is 3.79 Å². The zero-order valence-electron chi connectivity index (χ0n) is 10.5. The highest BCUT2D eigenvalue weighted by atomic mass is 79.9. The van der Waals surface area contributed by atoms with Crippen LogP contribution in [0.5, 0.6) is 0 Å². The number of nitrogens with one attached hydrogen (secondary N) is 1. The van der Waals surface area contributed by atoms with Crippen molar-refractivity contribution in [3.8, 4) is 0 Å². The molecule has 1 saturated carbocycles. The predicted octanol–water partition coefficient (Wildman–Crippen LogP) is 4.47. The van der Waals surface area contributed by atoms with Crippen molar-refractivity contribution in [2.75, 3.05) is 13.1 Å². The van der Waals surface area contributed by atoms with Crippen LogP contribution in [0.15, 0.2) is 15.9 Å². The van der Waals surface area contributed by atoms with E-state index in [2.05, 4.69) is 40.3 Å². The lowest BCUT2D eigenvalue weighted by Gasteiger charge is -2.31. The minimum absolute atomic E-state index is 0.893. The van der Waals surface area contributed by atoms with E-state index in [1.165, 1.54) is 42.4 Å². The molecule has 0 bridgehead atoms. The predicted molar refractivity (Wildman–Crippen MR) is 79.7 cm³/mol. The molecule has 0 amide bonds. The van der Waals surface area contributed by atoms with Crippen LogP contribution in [-0.2, 0) is 6.42 Å². The Bertz CT molecular complexity index is 337. The summed E-state index contributed by atoms with van der Waals surface area (Å²) < 4.78 is 1.27. The first-order valence-corrected chi connectivity index (χ1v) is 8.35. The molecule has 1 aliphatic carbocycles. The maximum absolute atomic E-state index is 3.56. The lowest BCUT2D eigenvalue weighted by Crippen LogP contribution is -2.31. The molecule has 0 spiro atoms. The summed E-state index contributed by atoms with van der Waals surface area (Å²) in [6, 6.07) is 4.47. The quantitative estimate of drug-likeness (QED) is 0.845. The van der Waals surface area contributed by atoms with Gasteiger partial charge in [0.2, 0.25) is 0 Å². The van der Waals surface area contributed by atoms with Gasteiger partial charge in [0.15, 0.2) is 0 Å². The minimum Gasteiger partial charge on any atom is -0.317 e. The average Bonchev–Trinajstić information content (AvgIpc) is 2.74. The first kappa shape index (κ1) is 13.6. The SMILES string of the molecule is CCNCC1CCCCC1Cc1ccc(Br)s1. The maximum atomic E-state index is 3.56. The Morgan fingerprint density at radius 2 is 2.06 bits per heavy atom. The van der Waals surface area contributed by atoms with Gasteiger partial charge in [0, 0.05) is 4.88 Å². The van der Waals surface area contributed by atoms with E-state index < -0.39 is 0 Å². The third-order valence-electron chi connectivity index (χ3n) is 3.82. The summed E-state index contributed by atoms with van der Waals surface area (Å²) >= 11 is 5.46. The fourth-order valence-corrected chi connectivity index (χ4v) is 4.45. The Hall–Kier alpha value is 0.140. The first-order chi connectivity index (χ1) is 8.29. The van der Waals surface area contributed by atoms with Gasteiger partial charge in [-0.25, -0.2) is 0 Å². The van der Waals surface area contributed by atoms with E-state index >= 15 is 0 Å². The summed E-state index contributed by atoms with van der Waals surface area (Å²) in [4.78, 5) is 1.55. The van der Waals surface area contributed by atoms with Gasteiger partial charge < -0.3 is 5.32 Å². The summed E-state index contributed by atoms with van der Waals surface area (Å²) in [5.41, 5.74) is 0. The first-order valence-electron chi connectivity index (χ1n) is 6.74. The van der Waals surface area contributed by atoms with Crippen LogP contribution in [0.3, 0.4) is 0 Å². The van der Waals surface area contributed by atoms with Crippen molar-refractivity contribution in [2.24, 2.45) is 11.8 Å². The molecule has 1 aliphatic rings. The molecule has 2 rings (SSSR count). The van der Waals surface area contributed by atoms with Gasteiger partial charge in [-0.05, 0) is 72.3 Å². The Balaban J connectivity index is 1.91. The molecule has 96 valence electrons. The molecule has 1 aromatic rings. The summed E-state index contributed by atoms with van der Waals surface area (Å²) in [7, 11) is 0. The van der Waals surface area contributed by atoms with E-state index in [4.69, 9.17) is 0 Å². The van der Waals surface area contributed by atoms with Crippen LogP contribution in [-0.4, -0.2) is 13.1 Å². The highest BCUT2D eigenvalue weighted by Gasteiger charge is 2.25. The third kappa shape index (κ3) is 4.08. The minimum atomic E-state index is 0.893. The van der Waals surface area contributed by atoms with Crippen molar-refractivity contribution < 1.29 is 0 Å². The lowest BCUT2D eigenvalue weighted by molar-refractivity contribution is 0.230. The van der Waals surface area contributed by atoms with E-state index in [0.29, 0.717) is 0 Å². The fourth-order valence-electron chi connectivity index (χ4n) is 2.87. The molecule has 1 aromatic heterocycles. The van der Waals surface area contributed by atoms with E-state index in [0.717, 1.165) is 18.4 Å². The van der Waals surface area contributed by atoms with E-state index in [9.17, 15) is 0 Å². The lowest BCUT2D eigenvalue weighted by atomic mass is 9.77. The second-order valence-electron chi connectivity index (χ2n) is 5.02. The normalized spacial score (nSPS) is 25.1. The maximum Gasteiger partial charge on any atom is 0.0701 e. The molecule has 1 N–H and O–H groups in total. The van der Waals surface area contributed by atoms with Crippen LogP contribution in [0.25, 0.3) is 0 Å². The molecule has 1 heterocycles. The van der Waals surface area contributed by atoms with Gasteiger partial charge in [-0.3, -0.25) is 0 Å². The molecule has 3 heteroatoms. The zero-order valence-corrected chi connectivity index (χ0v) is 12.9.